The lowest BCUT2D eigenvalue weighted by Gasteiger charge is -2.36. The molecule has 2 aromatic rings. The maximum atomic E-state index is 14.3. The highest BCUT2D eigenvalue weighted by atomic mass is 32.1. The van der Waals surface area contributed by atoms with Gasteiger partial charge in [0.05, 0.1) is 29.3 Å². The summed E-state index contributed by atoms with van der Waals surface area (Å²) < 4.78 is 62.9. The lowest BCUT2D eigenvalue weighted by molar-refractivity contribution is -0.0550. The summed E-state index contributed by atoms with van der Waals surface area (Å²) in [4.78, 5) is 12.7. The third-order valence-corrected chi connectivity index (χ3v) is 6.53. The summed E-state index contributed by atoms with van der Waals surface area (Å²) in [7, 11) is 0. The van der Waals surface area contributed by atoms with Gasteiger partial charge in [0.15, 0.2) is 0 Å². The molecule has 0 spiro atoms. The van der Waals surface area contributed by atoms with Gasteiger partial charge in [-0.3, -0.25) is 0 Å². The van der Waals surface area contributed by atoms with Crippen LogP contribution in [0.5, 0.6) is 0 Å². The highest BCUT2D eigenvalue weighted by Gasteiger charge is 2.44. The molecule has 0 aromatic carbocycles. The van der Waals surface area contributed by atoms with Crippen molar-refractivity contribution in [3.63, 3.8) is 0 Å². The first-order valence-corrected chi connectivity index (χ1v) is 9.95. The summed E-state index contributed by atoms with van der Waals surface area (Å²) in [5, 5.41) is 0. The first-order valence-electron chi connectivity index (χ1n) is 9.13. The lowest BCUT2D eigenvalue weighted by atomic mass is 9.97. The number of alkyl halides is 5. The van der Waals surface area contributed by atoms with Crippen LogP contribution in [0.3, 0.4) is 0 Å². The van der Waals surface area contributed by atoms with E-state index in [4.69, 9.17) is 10.5 Å². The third kappa shape index (κ3) is 3.82. The Morgan fingerprint density at radius 2 is 1.83 bits per heavy atom. The SMILES string of the molecule is FC(F)F.NC1(c2ccc(-c3nc(N4CCC4)nc4c3CCC4(F)F)s2)COC1. The van der Waals surface area contributed by atoms with Gasteiger partial charge in [-0.05, 0) is 25.0 Å². The van der Waals surface area contributed by atoms with Gasteiger partial charge >= 0.3 is 6.68 Å². The van der Waals surface area contributed by atoms with Crippen LogP contribution in [0.1, 0.15) is 29.0 Å². The van der Waals surface area contributed by atoms with Crippen molar-refractivity contribution in [2.24, 2.45) is 5.73 Å². The molecule has 0 amide bonds. The molecule has 29 heavy (non-hydrogen) atoms. The minimum absolute atomic E-state index is 0.0937. The maximum absolute atomic E-state index is 14.3. The lowest BCUT2D eigenvalue weighted by Crippen LogP contribution is -2.53. The van der Waals surface area contributed by atoms with Gasteiger partial charge in [-0.2, -0.15) is 22.0 Å². The molecule has 2 saturated heterocycles. The van der Waals surface area contributed by atoms with Crippen molar-refractivity contribution in [3.8, 4) is 10.6 Å². The molecule has 0 unspecified atom stereocenters. The Hall–Kier alpha value is -1.85. The molecule has 2 aliphatic heterocycles. The van der Waals surface area contributed by atoms with Crippen LogP contribution in [0.4, 0.5) is 27.9 Å². The van der Waals surface area contributed by atoms with Crippen LogP contribution >= 0.6 is 11.3 Å². The number of aromatic nitrogens is 2. The van der Waals surface area contributed by atoms with Gasteiger partial charge in [0, 0.05) is 30.0 Å². The molecule has 0 saturated carbocycles. The number of ether oxygens (including phenoxy) is 1. The van der Waals surface area contributed by atoms with E-state index in [1.165, 1.54) is 11.3 Å². The van der Waals surface area contributed by atoms with E-state index in [0.717, 1.165) is 29.3 Å². The monoisotopic (exact) mass is 434 g/mol. The smallest absolute Gasteiger partial charge is 0.377 e. The molecular formula is C18H19F5N4OS. The Morgan fingerprint density at radius 1 is 1.14 bits per heavy atom. The van der Waals surface area contributed by atoms with Gasteiger partial charge in [-0.1, -0.05) is 0 Å². The Morgan fingerprint density at radius 3 is 2.38 bits per heavy atom. The molecule has 3 aliphatic rings. The number of nitrogens with zero attached hydrogens (tertiary/aromatic N) is 3. The molecule has 158 valence electrons. The largest absolute Gasteiger partial charge is 0.379 e. The molecule has 0 radical (unpaired) electrons. The molecule has 0 atom stereocenters. The molecule has 1 aliphatic carbocycles. The minimum Gasteiger partial charge on any atom is -0.377 e. The highest BCUT2D eigenvalue weighted by Crippen LogP contribution is 2.46. The molecule has 0 bridgehead atoms. The van der Waals surface area contributed by atoms with E-state index in [1.807, 2.05) is 17.0 Å². The molecular weight excluding hydrogens is 415 g/mol. The standard InChI is InChI=1S/C17H18F2N4OS.CHF3/c18-17(19)5-4-10-13(21-15(22-14(10)17)23-6-1-7-23)11-2-3-12(25-11)16(20)8-24-9-16;2-1(3)4/h2-3H,1,4-9,20H2;1H. The zero-order valence-corrected chi connectivity index (χ0v) is 16.1. The predicted molar refractivity (Wildman–Crippen MR) is 98.2 cm³/mol. The fourth-order valence-electron chi connectivity index (χ4n) is 3.47. The van der Waals surface area contributed by atoms with Gasteiger partial charge in [0.2, 0.25) is 5.95 Å². The molecule has 5 nitrogen and oxygen atoms in total. The van der Waals surface area contributed by atoms with Crippen LogP contribution in [0.2, 0.25) is 0 Å². The summed E-state index contributed by atoms with van der Waals surface area (Å²) in [6.45, 7) is -1.04. The van der Waals surface area contributed by atoms with Crippen molar-refractivity contribution in [1.82, 2.24) is 9.97 Å². The average Bonchev–Trinajstić information content (AvgIpc) is 3.16. The van der Waals surface area contributed by atoms with E-state index >= 15 is 0 Å². The quantitative estimate of drug-likeness (QED) is 0.745. The molecule has 4 heterocycles. The number of halogens is 5. The van der Waals surface area contributed by atoms with Gasteiger partial charge in [0.25, 0.3) is 5.92 Å². The Kier molecular flexibility index (Phi) is 5.24. The second-order valence-electron chi connectivity index (χ2n) is 7.30. The summed E-state index contributed by atoms with van der Waals surface area (Å²) >= 11 is 1.52. The fraction of sp³-hybridized carbons (Fsp3) is 0.556. The summed E-state index contributed by atoms with van der Waals surface area (Å²) in [6, 6.07) is 3.90. The number of rotatable bonds is 3. The van der Waals surface area contributed by atoms with E-state index in [2.05, 4.69) is 9.97 Å². The number of nitrogens with two attached hydrogens (primary N) is 1. The topological polar surface area (TPSA) is 64.3 Å². The third-order valence-electron chi connectivity index (χ3n) is 5.22. The van der Waals surface area contributed by atoms with Crippen molar-refractivity contribution in [2.45, 2.75) is 37.4 Å². The number of anilines is 1. The number of fused-ring (bicyclic) bond motifs is 1. The van der Waals surface area contributed by atoms with Gasteiger partial charge in [-0.15, -0.1) is 11.3 Å². The average molecular weight is 434 g/mol. The molecule has 2 fully saturated rings. The van der Waals surface area contributed by atoms with E-state index in [0.29, 0.717) is 36.8 Å². The zero-order valence-electron chi connectivity index (χ0n) is 15.3. The van der Waals surface area contributed by atoms with Crippen molar-refractivity contribution >= 4 is 17.3 Å². The minimum atomic E-state index is -3.67. The van der Waals surface area contributed by atoms with Crippen LogP contribution in [0, 0.1) is 0 Å². The molecule has 2 aromatic heterocycles. The van der Waals surface area contributed by atoms with Crippen molar-refractivity contribution in [2.75, 3.05) is 31.2 Å². The van der Waals surface area contributed by atoms with Crippen LogP contribution in [-0.4, -0.2) is 43.0 Å². The number of hydrogen-bond donors (Lipinski definition) is 1. The van der Waals surface area contributed by atoms with E-state index < -0.39 is 18.1 Å². The van der Waals surface area contributed by atoms with Crippen LogP contribution < -0.4 is 10.6 Å². The summed E-state index contributed by atoms with van der Waals surface area (Å²) in [5.41, 5.74) is 6.98. The second kappa shape index (κ2) is 7.44. The Bertz CT molecular complexity index is 896. The Labute approximate surface area is 167 Å². The summed E-state index contributed by atoms with van der Waals surface area (Å²) in [6.07, 6.45) is 1.16. The van der Waals surface area contributed by atoms with Gasteiger partial charge < -0.3 is 15.4 Å². The highest BCUT2D eigenvalue weighted by molar-refractivity contribution is 7.15. The molecule has 2 N–H and O–H groups in total. The second-order valence-corrected chi connectivity index (χ2v) is 8.39. The first kappa shape index (κ1) is 20.4. The van der Waals surface area contributed by atoms with E-state index in [9.17, 15) is 22.0 Å². The Balaban J connectivity index is 0.000000472. The van der Waals surface area contributed by atoms with Crippen LogP contribution in [0.25, 0.3) is 10.6 Å². The van der Waals surface area contributed by atoms with Crippen LogP contribution in [-0.2, 0) is 22.6 Å². The predicted octanol–water partition coefficient (Wildman–Crippen LogP) is 3.82. The normalized spacial score (nSPS) is 21.1. The fourth-order valence-corrected chi connectivity index (χ4v) is 4.57. The van der Waals surface area contributed by atoms with Crippen molar-refractivity contribution < 1.29 is 26.7 Å². The van der Waals surface area contributed by atoms with E-state index in [-0.39, 0.29) is 12.1 Å². The van der Waals surface area contributed by atoms with Gasteiger partial charge in [-0.25, -0.2) is 9.97 Å². The summed E-state index contributed by atoms with van der Waals surface area (Å²) in [5.74, 6) is -2.45. The zero-order chi connectivity index (χ0) is 20.8. The maximum Gasteiger partial charge on any atom is 0.379 e. The number of thiophene rings is 1. The van der Waals surface area contributed by atoms with Gasteiger partial charge in [0.1, 0.15) is 5.69 Å². The van der Waals surface area contributed by atoms with E-state index in [1.54, 1.807) is 0 Å². The van der Waals surface area contributed by atoms with Crippen molar-refractivity contribution in [3.05, 3.63) is 28.3 Å². The van der Waals surface area contributed by atoms with Crippen LogP contribution in [0.15, 0.2) is 12.1 Å². The molecule has 5 rings (SSSR count). The first-order chi connectivity index (χ1) is 13.7. The molecule has 11 heteroatoms. The number of hydrogen-bond acceptors (Lipinski definition) is 6. The van der Waals surface area contributed by atoms with Crippen molar-refractivity contribution in [1.29, 1.82) is 0 Å².